The van der Waals surface area contributed by atoms with Gasteiger partial charge in [-0.05, 0) is 31.9 Å². The van der Waals surface area contributed by atoms with Crippen LogP contribution in [-0.2, 0) is 23.8 Å². The van der Waals surface area contributed by atoms with Gasteiger partial charge in [0.2, 0.25) is 0 Å². The summed E-state index contributed by atoms with van der Waals surface area (Å²) in [6.07, 6.45) is 0.270. The average Bonchev–Trinajstić information content (AvgIpc) is 3.20. The van der Waals surface area contributed by atoms with E-state index < -0.39 is 41.4 Å². The lowest BCUT2D eigenvalue weighted by molar-refractivity contribution is -0.163. The fourth-order valence-electron chi connectivity index (χ4n) is 4.09. The van der Waals surface area contributed by atoms with Crippen LogP contribution >= 0.6 is 0 Å². The van der Waals surface area contributed by atoms with Crippen molar-refractivity contribution < 1.29 is 28.6 Å². The van der Waals surface area contributed by atoms with Gasteiger partial charge in [-0.2, -0.15) is 0 Å². The van der Waals surface area contributed by atoms with E-state index in [1.165, 1.54) is 0 Å². The SMILES string of the molecule is C[C@@H](OC(=O)c1ccccc1)[C@@]12CC[C@@H](O1)C1C(=O)OC(=O)C12. The van der Waals surface area contributed by atoms with Crippen molar-refractivity contribution in [2.24, 2.45) is 11.8 Å². The highest BCUT2D eigenvalue weighted by atomic mass is 16.6. The molecule has 2 unspecified atom stereocenters. The Morgan fingerprint density at radius 3 is 2.74 bits per heavy atom. The van der Waals surface area contributed by atoms with Crippen LogP contribution in [0.2, 0.25) is 0 Å². The van der Waals surface area contributed by atoms with Crippen molar-refractivity contribution in [1.29, 1.82) is 0 Å². The molecule has 0 aromatic heterocycles. The van der Waals surface area contributed by atoms with E-state index in [2.05, 4.69) is 0 Å². The second-order valence-electron chi connectivity index (χ2n) is 6.31. The third kappa shape index (κ3) is 1.94. The maximum Gasteiger partial charge on any atom is 0.338 e. The minimum absolute atomic E-state index is 0.322. The highest BCUT2D eigenvalue weighted by Gasteiger charge is 2.71. The van der Waals surface area contributed by atoms with Gasteiger partial charge in [0.1, 0.15) is 17.6 Å². The van der Waals surface area contributed by atoms with Crippen LogP contribution < -0.4 is 0 Å². The Bertz CT molecular complexity index is 684. The zero-order chi connectivity index (χ0) is 16.2. The van der Waals surface area contributed by atoms with Crippen molar-refractivity contribution in [2.75, 3.05) is 0 Å². The molecule has 3 saturated heterocycles. The summed E-state index contributed by atoms with van der Waals surface area (Å²) >= 11 is 0. The third-order valence-corrected chi connectivity index (χ3v) is 5.19. The molecule has 1 aromatic rings. The summed E-state index contributed by atoms with van der Waals surface area (Å²) in [5, 5.41) is 0. The molecule has 0 aliphatic carbocycles. The second kappa shape index (κ2) is 4.89. The molecule has 4 rings (SSSR count). The van der Waals surface area contributed by atoms with Crippen LogP contribution in [-0.4, -0.2) is 35.7 Å². The highest BCUT2D eigenvalue weighted by Crippen LogP contribution is 2.56. The fraction of sp³-hybridized carbons (Fsp3) is 0.471. The van der Waals surface area contributed by atoms with Crippen molar-refractivity contribution in [1.82, 2.24) is 0 Å². The average molecular weight is 316 g/mol. The maximum absolute atomic E-state index is 12.3. The Labute approximate surface area is 132 Å². The number of cyclic esters (lactones) is 2. The summed E-state index contributed by atoms with van der Waals surface area (Å²) in [5.74, 6) is -2.79. The van der Waals surface area contributed by atoms with Crippen molar-refractivity contribution in [3.63, 3.8) is 0 Å². The molecule has 5 atom stereocenters. The number of benzene rings is 1. The van der Waals surface area contributed by atoms with Crippen LogP contribution in [0, 0.1) is 11.8 Å². The molecule has 3 fully saturated rings. The van der Waals surface area contributed by atoms with Gasteiger partial charge >= 0.3 is 17.9 Å². The number of esters is 3. The minimum Gasteiger partial charge on any atom is -0.456 e. The fourth-order valence-corrected chi connectivity index (χ4v) is 4.09. The molecule has 3 aliphatic rings. The lowest BCUT2D eigenvalue weighted by Gasteiger charge is -2.34. The van der Waals surface area contributed by atoms with Gasteiger partial charge in [0.25, 0.3) is 0 Å². The second-order valence-corrected chi connectivity index (χ2v) is 6.31. The first-order valence-corrected chi connectivity index (χ1v) is 7.72. The smallest absolute Gasteiger partial charge is 0.338 e. The topological polar surface area (TPSA) is 78.9 Å². The van der Waals surface area contributed by atoms with Crippen molar-refractivity contribution in [3.8, 4) is 0 Å². The van der Waals surface area contributed by atoms with Crippen LogP contribution in [0.15, 0.2) is 30.3 Å². The summed E-state index contributed by atoms with van der Waals surface area (Å²) < 4.78 is 16.3. The molecule has 3 aliphatic heterocycles. The number of rotatable bonds is 3. The van der Waals surface area contributed by atoms with Crippen molar-refractivity contribution in [2.45, 2.75) is 37.6 Å². The van der Waals surface area contributed by atoms with Gasteiger partial charge < -0.3 is 14.2 Å². The van der Waals surface area contributed by atoms with Crippen LogP contribution in [0.1, 0.15) is 30.1 Å². The minimum atomic E-state index is -0.955. The summed E-state index contributed by atoms with van der Waals surface area (Å²) in [6.45, 7) is 1.71. The molecule has 0 amide bonds. The summed E-state index contributed by atoms with van der Waals surface area (Å²) in [7, 11) is 0. The Morgan fingerprint density at radius 2 is 2.00 bits per heavy atom. The number of ether oxygens (including phenoxy) is 3. The number of fused-ring (bicyclic) bond motifs is 5. The van der Waals surface area contributed by atoms with E-state index >= 15 is 0 Å². The molecule has 6 nitrogen and oxygen atoms in total. The summed E-state index contributed by atoms with van der Waals surface area (Å²) in [6, 6.07) is 8.64. The van der Waals surface area contributed by atoms with Crippen molar-refractivity contribution in [3.05, 3.63) is 35.9 Å². The van der Waals surface area contributed by atoms with Crippen LogP contribution in [0.4, 0.5) is 0 Å². The predicted octanol–water partition coefficient (Wildman–Crippen LogP) is 1.48. The molecule has 0 saturated carbocycles. The highest BCUT2D eigenvalue weighted by molar-refractivity contribution is 5.98. The quantitative estimate of drug-likeness (QED) is 0.621. The van der Waals surface area contributed by atoms with Crippen LogP contribution in [0.25, 0.3) is 0 Å². The van der Waals surface area contributed by atoms with Gasteiger partial charge in [0.05, 0.1) is 17.6 Å². The van der Waals surface area contributed by atoms with Gasteiger partial charge in [-0.25, -0.2) is 4.79 Å². The summed E-state index contributed by atoms with van der Waals surface area (Å²) in [4.78, 5) is 36.2. The molecule has 0 N–H and O–H groups in total. The zero-order valence-electron chi connectivity index (χ0n) is 12.6. The number of hydrogen-bond acceptors (Lipinski definition) is 6. The first-order chi connectivity index (χ1) is 11.0. The monoisotopic (exact) mass is 316 g/mol. The predicted molar refractivity (Wildman–Crippen MR) is 76.2 cm³/mol. The number of carbonyl (C=O) groups is 3. The Kier molecular flexibility index (Phi) is 3.06. The standard InChI is InChI=1S/C17H16O6/c1-9(21-14(18)10-5-3-2-4-6-10)17-8-7-11(23-17)12-13(17)16(20)22-15(12)19/h2-6,9,11-13H,7-8H2,1H3/t9-,11-,12?,13?,17-/m1/s1. The molecule has 120 valence electrons. The zero-order valence-corrected chi connectivity index (χ0v) is 12.6. The first-order valence-electron chi connectivity index (χ1n) is 7.72. The maximum atomic E-state index is 12.3. The molecule has 1 aromatic carbocycles. The van der Waals surface area contributed by atoms with E-state index in [0.717, 1.165) is 0 Å². The summed E-state index contributed by atoms with van der Waals surface area (Å²) in [5.41, 5.74) is -0.520. The Balaban J connectivity index is 1.58. The largest absolute Gasteiger partial charge is 0.456 e. The van der Waals surface area contributed by atoms with E-state index in [1.807, 2.05) is 6.07 Å². The first kappa shape index (κ1) is 14.4. The molecular weight excluding hydrogens is 300 g/mol. The third-order valence-electron chi connectivity index (χ3n) is 5.19. The van der Waals surface area contributed by atoms with Gasteiger partial charge in [-0.3, -0.25) is 9.59 Å². The molecule has 0 spiro atoms. The molecule has 3 heterocycles. The van der Waals surface area contributed by atoms with Gasteiger partial charge in [-0.15, -0.1) is 0 Å². The molecule has 6 heteroatoms. The molecule has 23 heavy (non-hydrogen) atoms. The normalized spacial score (nSPS) is 35.8. The van der Waals surface area contributed by atoms with Gasteiger partial charge in [0, 0.05) is 0 Å². The number of carbonyl (C=O) groups excluding carboxylic acids is 3. The lowest BCUT2D eigenvalue weighted by Crippen LogP contribution is -2.49. The van der Waals surface area contributed by atoms with E-state index in [-0.39, 0.29) is 6.10 Å². The molecular formula is C17H16O6. The van der Waals surface area contributed by atoms with E-state index in [1.54, 1.807) is 31.2 Å². The van der Waals surface area contributed by atoms with Crippen molar-refractivity contribution >= 4 is 17.9 Å². The van der Waals surface area contributed by atoms with E-state index in [9.17, 15) is 14.4 Å². The van der Waals surface area contributed by atoms with E-state index in [0.29, 0.717) is 18.4 Å². The number of hydrogen-bond donors (Lipinski definition) is 0. The Morgan fingerprint density at radius 1 is 1.26 bits per heavy atom. The van der Waals surface area contributed by atoms with Gasteiger partial charge in [-0.1, -0.05) is 18.2 Å². The van der Waals surface area contributed by atoms with Crippen LogP contribution in [0.5, 0.6) is 0 Å². The lowest BCUT2D eigenvalue weighted by atomic mass is 9.70. The van der Waals surface area contributed by atoms with E-state index in [4.69, 9.17) is 14.2 Å². The van der Waals surface area contributed by atoms with Crippen LogP contribution in [0.3, 0.4) is 0 Å². The molecule has 2 bridgehead atoms. The Hall–Kier alpha value is -2.21. The van der Waals surface area contributed by atoms with Gasteiger partial charge in [0.15, 0.2) is 0 Å². The molecule has 0 radical (unpaired) electrons.